The monoisotopic (exact) mass is 531 g/mol. The molecule has 1 aliphatic heterocycles. The number of morpholine rings is 1. The van der Waals surface area contributed by atoms with Crippen molar-refractivity contribution in [2.45, 2.75) is 13.5 Å². The third-order valence-electron chi connectivity index (χ3n) is 7.71. The fourth-order valence-electron chi connectivity index (χ4n) is 5.56. The first kappa shape index (κ1) is 24.2. The largest absolute Gasteiger partial charge is 0.571 e. The minimum atomic E-state index is -0.418. The Balaban J connectivity index is 1.22. The summed E-state index contributed by atoms with van der Waals surface area (Å²) in [6.45, 7) is 5.19. The van der Waals surface area contributed by atoms with E-state index in [1.807, 2.05) is 24.3 Å². The summed E-state index contributed by atoms with van der Waals surface area (Å²) in [5.41, 5.74) is 5.35. The molecule has 9 nitrogen and oxygen atoms in total. The number of fused-ring (bicyclic) bond motifs is 3. The number of aromatic nitrogens is 4. The Hall–Kier alpha value is -4.89. The predicted molar refractivity (Wildman–Crippen MR) is 149 cm³/mol. The average molecular weight is 532 g/mol. The lowest BCUT2D eigenvalue weighted by molar-refractivity contribution is -0.748. The summed E-state index contributed by atoms with van der Waals surface area (Å²) in [5.74, 6) is 0.140. The Bertz CT molecular complexity index is 1820. The highest BCUT2D eigenvalue weighted by molar-refractivity contribution is 6.26. The highest BCUT2D eigenvalue weighted by Crippen LogP contribution is 2.32. The van der Waals surface area contributed by atoms with Crippen molar-refractivity contribution in [3.63, 3.8) is 0 Å². The number of carbonyl (C=O) groups is 2. The van der Waals surface area contributed by atoms with Crippen molar-refractivity contribution in [2.24, 2.45) is 0 Å². The van der Waals surface area contributed by atoms with Gasteiger partial charge in [-0.25, -0.2) is 4.98 Å². The van der Waals surface area contributed by atoms with Gasteiger partial charge in [0, 0.05) is 45.2 Å². The van der Waals surface area contributed by atoms with Gasteiger partial charge in [0.15, 0.2) is 5.69 Å². The summed E-state index contributed by atoms with van der Waals surface area (Å²) >= 11 is 0. The summed E-state index contributed by atoms with van der Waals surface area (Å²) in [4.78, 5) is 33.8. The molecule has 5 aromatic rings. The third kappa shape index (κ3) is 3.85. The van der Waals surface area contributed by atoms with Crippen LogP contribution in [0.25, 0.3) is 22.0 Å². The van der Waals surface area contributed by atoms with Crippen molar-refractivity contribution in [1.29, 1.82) is 0 Å². The molecule has 7 rings (SSSR count). The molecule has 40 heavy (non-hydrogen) atoms. The van der Waals surface area contributed by atoms with E-state index < -0.39 is 5.78 Å². The number of carbonyl (C=O) groups excluding carboxylic acids is 2. The Labute approximate surface area is 229 Å². The van der Waals surface area contributed by atoms with Gasteiger partial charge in [-0.15, -0.1) is 4.68 Å². The number of hydrogen-bond donors (Lipinski definition) is 0. The van der Waals surface area contributed by atoms with E-state index in [2.05, 4.69) is 41.2 Å². The summed E-state index contributed by atoms with van der Waals surface area (Å²) in [6.07, 6.45) is 0. The number of ether oxygens (including phenoxy) is 1. The number of benzene rings is 3. The average Bonchev–Trinajstić information content (AvgIpc) is 3.33. The maximum Gasteiger partial charge on any atom is 0.220 e. The van der Waals surface area contributed by atoms with E-state index in [0.29, 0.717) is 18.2 Å². The van der Waals surface area contributed by atoms with Crippen LogP contribution in [0.5, 0.6) is 0 Å². The fraction of sp³-hybridized carbons (Fsp3) is 0.194. The second-order valence-corrected chi connectivity index (χ2v) is 10.1. The van der Waals surface area contributed by atoms with Gasteiger partial charge in [-0.05, 0) is 35.7 Å². The zero-order valence-corrected chi connectivity index (χ0v) is 21.8. The van der Waals surface area contributed by atoms with Gasteiger partial charge in [-0.1, -0.05) is 60.7 Å². The maximum absolute atomic E-state index is 13.2. The second-order valence-electron chi connectivity index (χ2n) is 10.1. The first-order chi connectivity index (χ1) is 19.5. The standard InChI is InChI=1S/C31H25N5O4/c1-19-6-11-23(27-22(19)12-13-26(32-27)34-14-16-40-17-15-34)21-9-7-20(8-10-21)18-35-29-28(33-36(35)39)30(37)24-4-2-3-5-25(24)31(29)38/h2-13H,14-18H2,1H3. The molecule has 0 atom stereocenters. The van der Waals surface area contributed by atoms with Crippen molar-refractivity contribution < 1.29 is 19.3 Å². The van der Waals surface area contributed by atoms with Crippen LogP contribution in [0.4, 0.5) is 5.82 Å². The highest BCUT2D eigenvalue weighted by Gasteiger charge is 2.39. The van der Waals surface area contributed by atoms with Gasteiger partial charge < -0.3 is 14.8 Å². The highest BCUT2D eigenvalue weighted by atomic mass is 16.5. The Morgan fingerprint density at radius 3 is 2.35 bits per heavy atom. The molecule has 9 heteroatoms. The summed E-state index contributed by atoms with van der Waals surface area (Å²) < 4.78 is 6.72. The van der Waals surface area contributed by atoms with Gasteiger partial charge in [0.05, 0.1) is 18.7 Å². The molecule has 0 saturated carbocycles. The number of hydrogen-bond acceptors (Lipinski definition) is 7. The van der Waals surface area contributed by atoms with Gasteiger partial charge in [-0.2, -0.15) is 0 Å². The Morgan fingerprint density at radius 2 is 1.60 bits per heavy atom. The molecule has 0 N–H and O–H groups in total. The molecule has 3 aromatic carbocycles. The molecule has 0 bridgehead atoms. The normalized spacial score (nSPS) is 14.9. The summed E-state index contributed by atoms with van der Waals surface area (Å²) in [7, 11) is 0. The molecule has 0 spiro atoms. The minimum absolute atomic E-state index is 0.0205. The summed E-state index contributed by atoms with van der Waals surface area (Å²) in [6, 6.07) is 22.8. The van der Waals surface area contributed by atoms with Crippen molar-refractivity contribution in [3.05, 3.63) is 112 Å². The van der Waals surface area contributed by atoms with Crippen LogP contribution >= 0.6 is 0 Å². The quantitative estimate of drug-likeness (QED) is 0.252. The zero-order valence-electron chi connectivity index (χ0n) is 21.8. The van der Waals surface area contributed by atoms with Crippen molar-refractivity contribution in [3.8, 4) is 11.1 Å². The number of rotatable bonds is 4. The first-order valence-electron chi connectivity index (χ1n) is 13.2. The number of anilines is 1. The zero-order chi connectivity index (χ0) is 27.4. The Morgan fingerprint density at radius 1 is 0.875 bits per heavy atom. The lowest BCUT2D eigenvalue weighted by Crippen LogP contribution is -2.41. The van der Waals surface area contributed by atoms with E-state index >= 15 is 0 Å². The molecular formula is C31H25N5O4. The third-order valence-corrected chi connectivity index (χ3v) is 7.71. The predicted octanol–water partition coefficient (Wildman–Crippen LogP) is 3.70. The van der Waals surface area contributed by atoms with E-state index in [1.54, 1.807) is 24.3 Å². The smallest absolute Gasteiger partial charge is 0.220 e. The number of nitrogens with zero attached hydrogens (tertiary/aromatic N) is 5. The lowest BCUT2D eigenvalue weighted by atomic mass is 9.90. The second kappa shape index (κ2) is 9.39. The van der Waals surface area contributed by atoms with Gasteiger partial charge in [0.25, 0.3) is 0 Å². The minimum Gasteiger partial charge on any atom is -0.571 e. The first-order valence-corrected chi connectivity index (χ1v) is 13.2. The SMILES string of the molecule is Cc1ccc(-c2ccc(Cn3c4c(n[n+]3[O-])C(=O)c3ccccc3C4=O)cc2)c2nc(N3CCOCC3)ccc12. The topological polar surface area (TPSA) is 104 Å². The molecule has 1 aliphatic carbocycles. The fourth-order valence-corrected chi connectivity index (χ4v) is 5.56. The van der Waals surface area contributed by atoms with E-state index in [9.17, 15) is 14.8 Å². The molecule has 3 heterocycles. The van der Waals surface area contributed by atoms with Crippen LogP contribution in [0.15, 0.2) is 72.8 Å². The van der Waals surface area contributed by atoms with Crippen molar-refractivity contribution >= 4 is 28.3 Å². The molecule has 0 radical (unpaired) electrons. The molecule has 198 valence electrons. The molecule has 1 saturated heterocycles. The van der Waals surface area contributed by atoms with Gasteiger partial charge in [0.1, 0.15) is 12.4 Å². The van der Waals surface area contributed by atoms with Crippen LogP contribution in [0.1, 0.15) is 43.2 Å². The van der Waals surface area contributed by atoms with Gasteiger partial charge >= 0.3 is 0 Å². The van der Waals surface area contributed by atoms with E-state index in [1.165, 1.54) is 4.68 Å². The van der Waals surface area contributed by atoms with Crippen LogP contribution in [-0.2, 0) is 11.3 Å². The number of aryl methyl sites for hydroxylation is 1. The summed E-state index contributed by atoms with van der Waals surface area (Å²) in [5, 5.41) is 17.7. The molecule has 2 aromatic heterocycles. The van der Waals surface area contributed by atoms with Crippen molar-refractivity contribution in [2.75, 3.05) is 31.2 Å². The van der Waals surface area contributed by atoms with Crippen LogP contribution < -0.4 is 9.86 Å². The number of ketones is 2. The van der Waals surface area contributed by atoms with Gasteiger partial charge in [0.2, 0.25) is 17.3 Å². The van der Waals surface area contributed by atoms with E-state index in [-0.39, 0.29) is 34.8 Å². The van der Waals surface area contributed by atoms with Gasteiger partial charge in [-0.3, -0.25) is 9.59 Å². The maximum atomic E-state index is 13.2. The van der Waals surface area contributed by atoms with E-state index in [4.69, 9.17) is 9.72 Å². The number of pyridine rings is 1. The van der Waals surface area contributed by atoms with Crippen LogP contribution in [0.3, 0.4) is 0 Å². The molecule has 0 amide bonds. The van der Waals surface area contributed by atoms with Crippen LogP contribution in [0.2, 0.25) is 0 Å². The Kier molecular flexibility index (Phi) is 5.67. The molecule has 1 fully saturated rings. The molecule has 2 aliphatic rings. The van der Waals surface area contributed by atoms with Crippen LogP contribution in [-0.4, -0.2) is 52.6 Å². The molecule has 0 unspecified atom stereocenters. The molecular weight excluding hydrogens is 506 g/mol. The van der Waals surface area contributed by atoms with Crippen molar-refractivity contribution in [1.82, 2.24) is 14.8 Å². The lowest BCUT2D eigenvalue weighted by Gasteiger charge is -2.28. The van der Waals surface area contributed by atoms with Crippen LogP contribution in [0, 0.1) is 12.1 Å². The van der Waals surface area contributed by atoms with E-state index in [0.717, 1.165) is 52.1 Å².